The number of benzene rings is 1. The van der Waals surface area contributed by atoms with Gasteiger partial charge >= 0.3 is 0 Å². The van der Waals surface area contributed by atoms with Crippen molar-refractivity contribution in [1.29, 1.82) is 0 Å². The van der Waals surface area contributed by atoms with Gasteiger partial charge in [-0.05, 0) is 23.1 Å². The average Bonchev–Trinajstić information content (AvgIpc) is 2.83. The lowest BCUT2D eigenvalue weighted by molar-refractivity contribution is 0.0997. The second kappa shape index (κ2) is 5.90. The lowest BCUT2D eigenvalue weighted by Gasteiger charge is -2.10. The smallest absolute Gasteiger partial charge is 0.249 e. The SMILES string of the molecule is Cc1cccc(C(=O)N=[N+]=[N-])c1COc1ccn(C)n1. The molecular formula is C13H13N5O2. The first-order valence-electron chi connectivity index (χ1n) is 5.92. The van der Waals surface area contributed by atoms with E-state index in [2.05, 4.69) is 15.1 Å². The fourth-order valence-electron chi connectivity index (χ4n) is 1.81. The van der Waals surface area contributed by atoms with Crippen LogP contribution in [0.3, 0.4) is 0 Å². The van der Waals surface area contributed by atoms with Gasteiger partial charge in [0.25, 0.3) is 0 Å². The van der Waals surface area contributed by atoms with Gasteiger partial charge in [0.1, 0.15) is 6.61 Å². The molecule has 1 heterocycles. The van der Waals surface area contributed by atoms with E-state index in [4.69, 9.17) is 10.3 Å². The van der Waals surface area contributed by atoms with Gasteiger partial charge < -0.3 is 4.74 Å². The number of aryl methyl sites for hydroxylation is 2. The summed E-state index contributed by atoms with van der Waals surface area (Å²) in [6.45, 7) is 2.05. The number of azide groups is 1. The van der Waals surface area contributed by atoms with Crippen LogP contribution in [0.4, 0.5) is 0 Å². The van der Waals surface area contributed by atoms with Crippen molar-refractivity contribution in [1.82, 2.24) is 9.78 Å². The summed E-state index contributed by atoms with van der Waals surface area (Å²) < 4.78 is 7.17. The van der Waals surface area contributed by atoms with Gasteiger partial charge in [-0.3, -0.25) is 9.48 Å². The molecule has 20 heavy (non-hydrogen) atoms. The van der Waals surface area contributed by atoms with E-state index >= 15 is 0 Å². The van der Waals surface area contributed by atoms with Gasteiger partial charge in [-0.2, -0.15) is 0 Å². The summed E-state index contributed by atoms with van der Waals surface area (Å²) in [6.07, 6.45) is 1.76. The molecule has 102 valence electrons. The van der Waals surface area contributed by atoms with Crippen LogP contribution in [-0.2, 0) is 13.7 Å². The zero-order chi connectivity index (χ0) is 14.5. The highest BCUT2D eigenvalue weighted by Gasteiger charge is 2.13. The molecule has 7 nitrogen and oxygen atoms in total. The molecule has 7 heteroatoms. The number of hydrogen-bond acceptors (Lipinski definition) is 3. The number of aromatic nitrogens is 2. The number of carbonyl (C=O) groups is 1. The number of ether oxygens (including phenoxy) is 1. The second-order valence-corrected chi connectivity index (χ2v) is 4.21. The Morgan fingerprint density at radius 2 is 2.30 bits per heavy atom. The first kappa shape index (κ1) is 13.6. The Bertz CT molecular complexity index is 686. The molecule has 0 aliphatic heterocycles. The predicted octanol–water partition coefficient (Wildman–Crippen LogP) is 2.76. The van der Waals surface area contributed by atoms with Gasteiger partial charge in [0.2, 0.25) is 11.8 Å². The van der Waals surface area contributed by atoms with E-state index in [1.807, 2.05) is 13.0 Å². The van der Waals surface area contributed by atoms with Crippen LogP contribution >= 0.6 is 0 Å². The van der Waals surface area contributed by atoms with Gasteiger partial charge in [0, 0.05) is 35.3 Å². The Kier molecular flexibility index (Phi) is 4.02. The first-order chi connectivity index (χ1) is 9.61. The Labute approximate surface area is 115 Å². The zero-order valence-electron chi connectivity index (χ0n) is 11.1. The fourth-order valence-corrected chi connectivity index (χ4v) is 1.81. The summed E-state index contributed by atoms with van der Waals surface area (Å²) in [4.78, 5) is 14.3. The molecule has 0 N–H and O–H groups in total. The largest absolute Gasteiger partial charge is 0.472 e. The van der Waals surface area contributed by atoms with Gasteiger partial charge in [-0.1, -0.05) is 18.2 Å². The Balaban J connectivity index is 2.25. The third kappa shape index (κ3) is 2.96. The highest BCUT2D eigenvalue weighted by molar-refractivity contribution is 5.96. The number of carbonyl (C=O) groups excluding carboxylic acids is 1. The van der Waals surface area contributed by atoms with Gasteiger partial charge in [0.05, 0.1) is 0 Å². The molecule has 2 aromatic rings. The molecule has 1 aromatic carbocycles. The van der Waals surface area contributed by atoms with Crippen molar-refractivity contribution in [3.05, 3.63) is 57.6 Å². The topological polar surface area (TPSA) is 92.9 Å². The van der Waals surface area contributed by atoms with Crippen molar-refractivity contribution in [2.45, 2.75) is 13.5 Å². The van der Waals surface area contributed by atoms with Crippen LogP contribution in [0, 0.1) is 6.92 Å². The van der Waals surface area contributed by atoms with Crippen molar-refractivity contribution in [2.75, 3.05) is 0 Å². The van der Waals surface area contributed by atoms with E-state index < -0.39 is 5.91 Å². The summed E-state index contributed by atoms with van der Waals surface area (Å²) in [5, 5.41) is 7.22. The average molecular weight is 271 g/mol. The Hall–Kier alpha value is -2.79. The molecule has 1 amide bonds. The molecule has 0 atom stereocenters. The molecule has 0 aliphatic rings. The Morgan fingerprint density at radius 3 is 2.95 bits per heavy atom. The zero-order valence-corrected chi connectivity index (χ0v) is 11.1. The van der Waals surface area contributed by atoms with Gasteiger partial charge in [-0.15, -0.1) is 5.10 Å². The van der Waals surface area contributed by atoms with Crippen molar-refractivity contribution in [3.63, 3.8) is 0 Å². The number of nitrogens with zero attached hydrogens (tertiary/aromatic N) is 5. The molecular weight excluding hydrogens is 258 g/mol. The monoisotopic (exact) mass is 271 g/mol. The van der Waals surface area contributed by atoms with Crippen LogP contribution in [0.25, 0.3) is 10.4 Å². The minimum Gasteiger partial charge on any atom is -0.472 e. The number of hydrogen-bond donors (Lipinski definition) is 0. The van der Waals surface area contributed by atoms with Crippen LogP contribution in [0.5, 0.6) is 5.88 Å². The number of rotatable bonds is 4. The third-order valence-corrected chi connectivity index (χ3v) is 2.83. The maximum atomic E-state index is 11.7. The molecule has 0 radical (unpaired) electrons. The molecule has 0 spiro atoms. The lowest BCUT2D eigenvalue weighted by atomic mass is 10.0. The van der Waals surface area contributed by atoms with Crippen LogP contribution in [0.15, 0.2) is 35.6 Å². The summed E-state index contributed by atoms with van der Waals surface area (Å²) in [6, 6.07) is 6.94. The normalized spacial score (nSPS) is 9.90. The maximum Gasteiger partial charge on any atom is 0.249 e. The summed E-state index contributed by atoms with van der Waals surface area (Å²) in [5.74, 6) is -0.145. The summed E-state index contributed by atoms with van der Waals surface area (Å²) in [7, 11) is 1.79. The summed E-state index contributed by atoms with van der Waals surface area (Å²) in [5.41, 5.74) is 10.3. The van der Waals surface area contributed by atoms with E-state index in [9.17, 15) is 4.79 Å². The molecule has 0 unspecified atom stereocenters. The molecule has 0 aliphatic carbocycles. The van der Waals surface area contributed by atoms with E-state index in [1.54, 1.807) is 36.1 Å². The standard InChI is InChI=1S/C13H13N5O2/c1-9-4-3-5-10(13(19)15-17-14)11(9)8-20-12-6-7-18(2)16-12/h3-7H,8H2,1-2H3. The van der Waals surface area contributed by atoms with E-state index in [1.165, 1.54) is 0 Å². The highest BCUT2D eigenvalue weighted by atomic mass is 16.5. The van der Waals surface area contributed by atoms with E-state index in [-0.39, 0.29) is 6.61 Å². The number of amides is 1. The van der Waals surface area contributed by atoms with Crippen molar-refractivity contribution in [2.24, 2.45) is 12.2 Å². The molecule has 1 aromatic heterocycles. The van der Waals surface area contributed by atoms with Crippen LogP contribution in [-0.4, -0.2) is 15.7 Å². The Morgan fingerprint density at radius 1 is 1.50 bits per heavy atom. The molecule has 0 fully saturated rings. The van der Waals surface area contributed by atoms with Crippen molar-refractivity contribution in [3.8, 4) is 5.88 Å². The molecule has 0 saturated heterocycles. The molecule has 0 saturated carbocycles. The van der Waals surface area contributed by atoms with Crippen molar-refractivity contribution < 1.29 is 9.53 Å². The van der Waals surface area contributed by atoms with Gasteiger partial charge in [0.15, 0.2) is 0 Å². The first-order valence-corrected chi connectivity index (χ1v) is 5.92. The van der Waals surface area contributed by atoms with Gasteiger partial charge in [-0.25, -0.2) is 0 Å². The summed E-state index contributed by atoms with van der Waals surface area (Å²) >= 11 is 0. The second-order valence-electron chi connectivity index (χ2n) is 4.21. The predicted molar refractivity (Wildman–Crippen MR) is 72.2 cm³/mol. The maximum absolute atomic E-state index is 11.7. The van der Waals surface area contributed by atoms with Crippen LogP contribution in [0.2, 0.25) is 0 Å². The van der Waals surface area contributed by atoms with Crippen LogP contribution < -0.4 is 4.74 Å². The quantitative estimate of drug-likeness (QED) is 0.486. The highest BCUT2D eigenvalue weighted by Crippen LogP contribution is 2.18. The van der Waals surface area contributed by atoms with E-state index in [0.717, 1.165) is 5.56 Å². The minimum atomic E-state index is -0.615. The van der Waals surface area contributed by atoms with Crippen molar-refractivity contribution >= 4 is 5.91 Å². The fraction of sp³-hybridized carbons (Fsp3) is 0.231. The lowest BCUT2D eigenvalue weighted by Crippen LogP contribution is -2.06. The molecule has 2 rings (SSSR count). The third-order valence-electron chi connectivity index (χ3n) is 2.83. The van der Waals surface area contributed by atoms with Crippen LogP contribution in [0.1, 0.15) is 21.5 Å². The molecule has 0 bridgehead atoms. The minimum absolute atomic E-state index is 0.186. The van der Waals surface area contributed by atoms with E-state index in [0.29, 0.717) is 17.0 Å².